The fraction of sp³-hybridized carbons (Fsp3) is 0.846. The summed E-state index contributed by atoms with van der Waals surface area (Å²) in [5.74, 6) is 0. The van der Waals surface area contributed by atoms with Gasteiger partial charge >= 0.3 is 113 Å². The Morgan fingerprint density at radius 3 is 2.00 bits per heavy atom. The third-order valence-corrected chi connectivity index (χ3v) is 11.2. The molecule has 0 fully saturated rings. The molecular weight excluding hydrogens is 335 g/mol. The molecule has 0 heterocycles. The molecule has 0 aliphatic rings. The van der Waals surface area contributed by atoms with Crippen LogP contribution in [-0.2, 0) is 4.43 Å². The first-order chi connectivity index (χ1) is 7.39. The average Bonchev–Trinajstić information content (AvgIpc) is 2.08. The topological polar surface area (TPSA) is 29.5 Å². The minimum atomic E-state index is -1.90. The van der Waals surface area contributed by atoms with E-state index in [0.29, 0.717) is 0 Å². The van der Waals surface area contributed by atoms with Crippen molar-refractivity contribution in [3.63, 3.8) is 0 Å². The van der Waals surface area contributed by atoms with Crippen LogP contribution in [0.5, 0.6) is 0 Å². The van der Waals surface area contributed by atoms with Crippen molar-refractivity contribution in [3.05, 3.63) is 10.2 Å². The second kappa shape index (κ2) is 6.22. The Balaban J connectivity index is 4.68. The summed E-state index contributed by atoms with van der Waals surface area (Å²) in [4.78, 5) is 7.06. The van der Waals surface area contributed by atoms with Crippen LogP contribution in [0.2, 0.25) is 33.0 Å². The zero-order valence-electron chi connectivity index (χ0n) is 12.8. The Labute approximate surface area is 112 Å². The molecule has 0 saturated heterocycles. The van der Waals surface area contributed by atoms with Crippen molar-refractivity contribution in [2.24, 2.45) is 0 Å². The fourth-order valence-electron chi connectivity index (χ4n) is 1.09. The van der Waals surface area contributed by atoms with E-state index in [0.717, 1.165) is 0 Å². The van der Waals surface area contributed by atoms with E-state index in [4.69, 9.17) is 4.43 Å². The molecular formula is C13H30O2SiSn. The molecule has 0 aromatic heterocycles. The van der Waals surface area contributed by atoms with Crippen LogP contribution in [0.3, 0.4) is 0 Å². The molecule has 17 heavy (non-hydrogen) atoms. The monoisotopic (exact) mass is 366 g/mol. The molecule has 0 aliphatic heterocycles. The van der Waals surface area contributed by atoms with Crippen LogP contribution in [0, 0.1) is 0 Å². The second-order valence-corrected chi connectivity index (χ2v) is 26.5. The first kappa shape index (κ1) is 17.7. The standard InChI is InChI=1S/C10H21O2Si.3CH3.Sn/c1-7-9(8-11)12-13(5,6)10(2,3)4;;;;/h1,7,9,11H,8H2,2-6H3;3*1H3;/t9-;;;;/m0..../s1. The minimum absolute atomic E-state index is 0.0883. The van der Waals surface area contributed by atoms with Crippen LogP contribution in [0.25, 0.3) is 0 Å². The first-order valence-corrected chi connectivity index (χ1v) is 19.5. The summed E-state index contributed by atoms with van der Waals surface area (Å²) in [7, 11) is -1.77. The van der Waals surface area contributed by atoms with Crippen LogP contribution in [-0.4, -0.2) is 44.5 Å². The number of hydrogen-bond acceptors (Lipinski definition) is 2. The molecule has 1 N–H and O–H groups in total. The molecule has 0 aliphatic carbocycles. The van der Waals surface area contributed by atoms with Gasteiger partial charge in [0.15, 0.2) is 0 Å². The number of rotatable bonds is 5. The van der Waals surface area contributed by atoms with Crippen LogP contribution >= 0.6 is 0 Å². The third-order valence-electron chi connectivity index (χ3n) is 3.24. The third kappa shape index (κ3) is 6.98. The van der Waals surface area contributed by atoms with Gasteiger partial charge in [-0.05, 0) is 0 Å². The zero-order valence-corrected chi connectivity index (χ0v) is 16.6. The Kier molecular flexibility index (Phi) is 6.46. The van der Waals surface area contributed by atoms with Crippen LogP contribution in [0.15, 0.2) is 10.2 Å². The number of aliphatic hydroxyl groups excluding tert-OH is 1. The maximum absolute atomic E-state index is 9.42. The summed E-state index contributed by atoms with van der Waals surface area (Å²) >= 11 is -1.90. The van der Waals surface area contributed by atoms with Crippen molar-refractivity contribution in [2.75, 3.05) is 6.61 Å². The summed E-state index contributed by atoms with van der Waals surface area (Å²) in [6.45, 7) is 11.2. The van der Waals surface area contributed by atoms with E-state index in [-0.39, 0.29) is 17.7 Å². The van der Waals surface area contributed by atoms with Gasteiger partial charge in [0.2, 0.25) is 0 Å². The molecule has 0 aromatic carbocycles. The number of aliphatic hydroxyl groups is 1. The molecule has 0 rings (SSSR count). The summed E-state index contributed by atoms with van der Waals surface area (Å²) in [5.41, 5.74) is 0. The van der Waals surface area contributed by atoms with E-state index in [1.54, 1.807) is 0 Å². The Morgan fingerprint density at radius 2 is 1.71 bits per heavy atom. The number of hydrogen-bond donors (Lipinski definition) is 1. The van der Waals surface area contributed by atoms with Gasteiger partial charge in [0.1, 0.15) is 0 Å². The van der Waals surface area contributed by atoms with E-state index in [9.17, 15) is 5.11 Å². The van der Waals surface area contributed by atoms with E-state index in [2.05, 4.69) is 58.9 Å². The van der Waals surface area contributed by atoms with E-state index in [1.807, 2.05) is 0 Å². The van der Waals surface area contributed by atoms with E-state index < -0.39 is 26.7 Å². The second-order valence-electron chi connectivity index (χ2n) is 7.32. The van der Waals surface area contributed by atoms with E-state index in [1.165, 1.54) is 0 Å². The Bertz CT molecular complexity index is 262. The maximum atomic E-state index is 9.42. The molecule has 0 saturated carbocycles. The van der Waals surface area contributed by atoms with Crippen LogP contribution in [0.1, 0.15) is 20.8 Å². The van der Waals surface area contributed by atoms with Crippen molar-refractivity contribution in [1.82, 2.24) is 0 Å². The molecule has 0 spiro atoms. The molecule has 4 heteroatoms. The van der Waals surface area contributed by atoms with Crippen molar-refractivity contribution < 1.29 is 9.53 Å². The van der Waals surface area contributed by atoms with Crippen LogP contribution < -0.4 is 0 Å². The van der Waals surface area contributed by atoms with Crippen molar-refractivity contribution >= 4 is 26.7 Å². The van der Waals surface area contributed by atoms with Crippen molar-refractivity contribution in [1.29, 1.82) is 0 Å². The van der Waals surface area contributed by atoms with Gasteiger partial charge in [0.05, 0.1) is 0 Å². The quantitative estimate of drug-likeness (QED) is 0.751. The molecule has 102 valence electrons. The molecule has 0 amide bonds. The van der Waals surface area contributed by atoms with E-state index >= 15 is 0 Å². The molecule has 2 nitrogen and oxygen atoms in total. The van der Waals surface area contributed by atoms with Crippen molar-refractivity contribution in [2.45, 2.75) is 59.8 Å². The predicted octanol–water partition coefficient (Wildman–Crippen LogP) is 3.80. The molecule has 0 radical (unpaired) electrons. The normalized spacial score (nSPS) is 16.5. The van der Waals surface area contributed by atoms with Gasteiger partial charge in [0.25, 0.3) is 0 Å². The summed E-state index contributed by atoms with van der Waals surface area (Å²) < 4.78 is 8.50. The van der Waals surface area contributed by atoms with Gasteiger partial charge in [-0.3, -0.25) is 0 Å². The zero-order chi connectivity index (χ0) is 13.9. The molecule has 0 bridgehead atoms. The molecule has 1 atom stereocenters. The summed E-state index contributed by atoms with van der Waals surface area (Å²) in [5, 5.41) is 9.61. The summed E-state index contributed by atoms with van der Waals surface area (Å²) in [6, 6.07) is 0. The molecule has 0 aromatic rings. The van der Waals surface area contributed by atoms with Gasteiger partial charge < -0.3 is 0 Å². The fourth-order valence-corrected chi connectivity index (χ4v) is 4.61. The first-order valence-electron chi connectivity index (χ1n) is 6.37. The van der Waals surface area contributed by atoms with Gasteiger partial charge in [0, 0.05) is 0 Å². The van der Waals surface area contributed by atoms with Gasteiger partial charge in [-0.2, -0.15) is 0 Å². The van der Waals surface area contributed by atoms with Crippen molar-refractivity contribution in [3.8, 4) is 0 Å². The average molecular weight is 365 g/mol. The predicted molar refractivity (Wildman–Crippen MR) is 81.6 cm³/mol. The Hall–Kier alpha value is 0.676. The van der Waals surface area contributed by atoms with Gasteiger partial charge in [-0.15, -0.1) is 0 Å². The molecule has 0 unspecified atom stereocenters. The van der Waals surface area contributed by atoms with Gasteiger partial charge in [-0.25, -0.2) is 0 Å². The summed E-state index contributed by atoms with van der Waals surface area (Å²) in [6.07, 6.45) is 1.98. The Morgan fingerprint density at radius 1 is 1.24 bits per heavy atom. The van der Waals surface area contributed by atoms with Crippen LogP contribution in [0.4, 0.5) is 0 Å². The SMILES string of the molecule is CC(C)(C)[Si](C)(C)O[C@@H](/C=[CH]\[Sn]([CH3])([CH3])[CH3])CO. The van der Waals surface area contributed by atoms with Gasteiger partial charge in [-0.1, -0.05) is 0 Å².